The van der Waals surface area contributed by atoms with E-state index in [1.54, 1.807) is 0 Å². The van der Waals surface area contributed by atoms with Crippen molar-refractivity contribution in [3.05, 3.63) is 48.5 Å². The van der Waals surface area contributed by atoms with E-state index in [2.05, 4.69) is 38.7 Å². The minimum atomic E-state index is 0.504. The molecule has 4 nitrogen and oxygen atoms in total. The van der Waals surface area contributed by atoms with Crippen LogP contribution in [0.2, 0.25) is 0 Å². The van der Waals surface area contributed by atoms with Gasteiger partial charge in [-0.3, -0.25) is 4.90 Å². The van der Waals surface area contributed by atoms with Gasteiger partial charge in [0.25, 0.3) is 0 Å². The van der Waals surface area contributed by atoms with E-state index in [0.717, 1.165) is 25.5 Å². The van der Waals surface area contributed by atoms with Crippen LogP contribution in [0.3, 0.4) is 0 Å². The van der Waals surface area contributed by atoms with Gasteiger partial charge in [-0.15, -0.1) is 0 Å². The Kier molecular flexibility index (Phi) is 4.14. The Morgan fingerprint density at radius 1 is 1.20 bits per heavy atom. The van der Waals surface area contributed by atoms with Crippen molar-refractivity contribution < 1.29 is 0 Å². The molecular weight excluding hydrogens is 248 g/mol. The van der Waals surface area contributed by atoms with Gasteiger partial charge in [0.1, 0.15) is 5.82 Å². The molecule has 1 aliphatic heterocycles. The molecule has 0 radical (unpaired) electrons. The van der Waals surface area contributed by atoms with E-state index in [1.165, 1.54) is 24.9 Å². The highest BCUT2D eigenvalue weighted by molar-refractivity contribution is 5.32. The average molecular weight is 270 g/mol. The van der Waals surface area contributed by atoms with Gasteiger partial charge < -0.3 is 10.3 Å². The first-order valence-electron chi connectivity index (χ1n) is 7.40. The maximum atomic E-state index is 5.90. The first kappa shape index (κ1) is 13.3. The number of nitrogens with two attached hydrogens (primary N) is 1. The van der Waals surface area contributed by atoms with E-state index in [1.807, 2.05) is 18.5 Å². The van der Waals surface area contributed by atoms with Crippen LogP contribution in [0.4, 0.5) is 0 Å². The van der Waals surface area contributed by atoms with Crippen LogP contribution in [0.25, 0.3) is 5.69 Å². The fourth-order valence-corrected chi connectivity index (χ4v) is 2.99. The van der Waals surface area contributed by atoms with Gasteiger partial charge in [0.05, 0.1) is 6.54 Å². The van der Waals surface area contributed by atoms with Crippen LogP contribution in [0.5, 0.6) is 0 Å². The number of benzene rings is 1. The highest BCUT2D eigenvalue weighted by Gasteiger charge is 2.22. The Labute approximate surface area is 120 Å². The fourth-order valence-electron chi connectivity index (χ4n) is 2.99. The molecule has 1 fully saturated rings. The summed E-state index contributed by atoms with van der Waals surface area (Å²) in [5.41, 5.74) is 7.07. The summed E-state index contributed by atoms with van der Waals surface area (Å²) >= 11 is 0. The number of imidazole rings is 1. The third-order valence-electron chi connectivity index (χ3n) is 4.12. The number of nitrogens with zero attached hydrogens (tertiary/aromatic N) is 3. The summed E-state index contributed by atoms with van der Waals surface area (Å²) in [5, 5.41) is 0. The number of hydrogen-bond acceptors (Lipinski definition) is 3. The lowest BCUT2D eigenvalue weighted by molar-refractivity contribution is 0.140. The Bertz CT molecular complexity index is 534. The molecule has 1 aromatic carbocycles. The summed E-state index contributed by atoms with van der Waals surface area (Å²) in [6.45, 7) is 2.75. The quantitative estimate of drug-likeness (QED) is 0.926. The second-order valence-electron chi connectivity index (χ2n) is 5.40. The third-order valence-corrected chi connectivity index (χ3v) is 4.12. The molecule has 2 N–H and O–H groups in total. The molecule has 20 heavy (non-hydrogen) atoms. The molecule has 1 atom stereocenters. The van der Waals surface area contributed by atoms with Gasteiger partial charge in [0, 0.05) is 30.7 Å². The van der Waals surface area contributed by atoms with Crippen molar-refractivity contribution in [3.63, 3.8) is 0 Å². The summed E-state index contributed by atoms with van der Waals surface area (Å²) in [4.78, 5) is 7.01. The van der Waals surface area contributed by atoms with E-state index in [4.69, 9.17) is 5.73 Å². The lowest BCUT2D eigenvalue weighted by atomic mass is 10.0. The van der Waals surface area contributed by atoms with Gasteiger partial charge in [0.15, 0.2) is 0 Å². The van der Waals surface area contributed by atoms with Gasteiger partial charge in [-0.05, 0) is 31.5 Å². The molecule has 1 aliphatic rings. The number of para-hydroxylation sites is 1. The predicted octanol–water partition coefficient (Wildman–Crippen LogP) is 2.19. The Balaban J connectivity index is 1.80. The molecule has 1 aromatic heterocycles. The summed E-state index contributed by atoms with van der Waals surface area (Å²) in [5.74, 6) is 1.09. The normalized spacial score (nSPS) is 20.1. The lowest BCUT2D eigenvalue weighted by Gasteiger charge is -2.34. The number of aromatic nitrogens is 2. The molecule has 0 bridgehead atoms. The van der Waals surface area contributed by atoms with E-state index >= 15 is 0 Å². The number of hydrogen-bond donors (Lipinski definition) is 1. The SMILES string of the molecule is NCC1CCCCN1Cc1nccn1-c1ccccc1. The maximum Gasteiger partial charge on any atom is 0.127 e. The molecule has 0 amide bonds. The average Bonchev–Trinajstić information content (AvgIpc) is 2.97. The first-order chi connectivity index (χ1) is 9.88. The molecule has 2 heterocycles. The number of rotatable bonds is 4. The molecule has 2 aromatic rings. The second kappa shape index (κ2) is 6.20. The van der Waals surface area contributed by atoms with Crippen LogP contribution in [-0.4, -0.2) is 33.6 Å². The molecule has 0 saturated carbocycles. The molecular formula is C16H22N4. The van der Waals surface area contributed by atoms with Crippen molar-refractivity contribution in [1.29, 1.82) is 0 Å². The molecule has 0 spiro atoms. The largest absolute Gasteiger partial charge is 0.329 e. The van der Waals surface area contributed by atoms with E-state index in [9.17, 15) is 0 Å². The fraction of sp³-hybridized carbons (Fsp3) is 0.438. The van der Waals surface area contributed by atoms with E-state index in [-0.39, 0.29) is 0 Å². The van der Waals surface area contributed by atoms with Crippen molar-refractivity contribution in [2.75, 3.05) is 13.1 Å². The predicted molar refractivity (Wildman–Crippen MR) is 80.7 cm³/mol. The van der Waals surface area contributed by atoms with Crippen LogP contribution in [0, 0.1) is 0 Å². The molecule has 1 saturated heterocycles. The van der Waals surface area contributed by atoms with Crippen LogP contribution < -0.4 is 5.73 Å². The summed E-state index contributed by atoms with van der Waals surface area (Å²) in [6, 6.07) is 10.9. The molecule has 3 rings (SSSR count). The zero-order valence-corrected chi connectivity index (χ0v) is 11.8. The molecule has 1 unspecified atom stereocenters. The Morgan fingerprint density at radius 2 is 2.05 bits per heavy atom. The Hall–Kier alpha value is -1.65. The highest BCUT2D eigenvalue weighted by Crippen LogP contribution is 2.19. The smallest absolute Gasteiger partial charge is 0.127 e. The van der Waals surface area contributed by atoms with Gasteiger partial charge in [0.2, 0.25) is 0 Å². The van der Waals surface area contributed by atoms with Crippen molar-refractivity contribution >= 4 is 0 Å². The second-order valence-corrected chi connectivity index (χ2v) is 5.40. The zero-order valence-electron chi connectivity index (χ0n) is 11.8. The minimum Gasteiger partial charge on any atom is -0.329 e. The number of likely N-dealkylation sites (tertiary alicyclic amines) is 1. The molecule has 106 valence electrons. The Morgan fingerprint density at radius 3 is 2.85 bits per heavy atom. The van der Waals surface area contributed by atoms with E-state index in [0.29, 0.717) is 6.04 Å². The zero-order chi connectivity index (χ0) is 13.8. The van der Waals surface area contributed by atoms with Crippen molar-refractivity contribution in [2.24, 2.45) is 5.73 Å². The highest BCUT2D eigenvalue weighted by atomic mass is 15.2. The number of piperidine rings is 1. The van der Waals surface area contributed by atoms with Gasteiger partial charge in [-0.25, -0.2) is 4.98 Å². The van der Waals surface area contributed by atoms with Crippen molar-refractivity contribution in [2.45, 2.75) is 31.8 Å². The van der Waals surface area contributed by atoms with Crippen LogP contribution in [-0.2, 0) is 6.54 Å². The van der Waals surface area contributed by atoms with Crippen LogP contribution >= 0.6 is 0 Å². The summed E-state index contributed by atoms with van der Waals surface area (Å²) < 4.78 is 2.17. The molecule has 4 heteroatoms. The van der Waals surface area contributed by atoms with Gasteiger partial charge >= 0.3 is 0 Å². The monoisotopic (exact) mass is 270 g/mol. The standard InChI is InChI=1S/C16H22N4/c17-12-15-8-4-5-10-19(15)13-16-18-9-11-20(16)14-6-2-1-3-7-14/h1-3,6-7,9,11,15H,4-5,8,10,12-13,17H2. The topological polar surface area (TPSA) is 47.1 Å². The minimum absolute atomic E-state index is 0.504. The van der Waals surface area contributed by atoms with Crippen LogP contribution in [0.1, 0.15) is 25.1 Å². The first-order valence-corrected chi connectivity index (χ1v) is 7.40. The summed E-state index contributed by atoms with van der Waals surface area (Å²) in [6.07, 6.45) is 7.69. The maximum absolute atomic E-state index is 5.90. The van der Waals surface area contributed by atoms with Crippen LogP contribution in [0.15, 0.2) is 42.7 Å². The van der Waals surface area contributed by atoms with Crippen molar-refractivity contribution in [3.8, 4) is 5.69 Å². The van der Waals surface area contributed by atoms with Gasteiger partial charge in [-0.1, -0.05) is 24.6 Å². The third kappa shape index (κ3) is 2.76. The molecule has 0 aliphatic carbocycles. The summed E-state index contributed by atoms with van der Waals surface area (Å²) in [7, 11) is 0. The van der Waals surface area contributed by atoms with E-state index < -0.39 is 0 Å². The van der Waals surface area contributed by atoms with Crippen molar-refractivity contribution in [1.82, 2.24) is 14.5 Å². The van der Waals surface area contributed by atoms with Gasteiger partial charge in [-0.2, -0.15) is 0 Å². The lowest BCUT2D eigenvalue weighted by Crippen LogP contribution is -2.43.